The Bertz CT molecular complexity index is 331. The zero-order chi connectivity index (χ0) is 13.2. The topological polar surface area (TPSA) is 61.6 Å². The van der Waals surface area contributed by atoms with E-state index in [2.05, 4.69) is 15.1 Å². The van der Waals surface area contributed by atoms with E-state index in [-0.39, 0.29) is 11.9 Å². The first kappa shape index (κ1) is 13.3. The summed E-state index contributed by atoms with van der Waals surface area (Å²) in [5.41, 5.74) is 5.49. The molecule has 1 saturated carbocycles. The molecular formula is C14H26N4O. The number of nitrogens with zero attached hydrogens (tertiary/aromatic N) is 2. The number of carbonyl (C=O) groups is 1. The van der Waals surface area contributed by atoms with E-state index in [9.17, 15) is 4.79 Å². The van der Waals surface area contributed by atoms with Crippen molar-refractivity contribution in [3.8, 4) is 0 Å². The van der Waals surface area contributed by atoms with Gasteiger partial charge in [-0.25, -0.2) is 0 Å². The smallest absolute Gasteiger partial charge is 0.234 e. The molecule has 108 valence electrons. The average molecular weight is 266 g/mol. The Morgan fingerprint density at radius 2 is 2.11 bits per heavy atom. The molecule has 2 aliphatic heterocycles. The van der Waals surface area contributed by atoms with Crippen LogP contribution in [0.1, 0.15) is 32.1 Å². The van der Waals surface area contributed by atoms with Gasteiger partial charge in [0.15, 0.2) is 0 Å². The zero-order valence-electron chi connectivity index (χ0n) is 11.7. The van der Waals surface area contributed by atoms with E-state index in [1.54, 1.807) is 0 Å². The maximum atomic E-state index is 11.5. The van der Waals surface area contributed by atoms with Crippen molar-refractivity contribution in [1.29, 1.82) is 0 Å². The van der Waals surface area contributed by atoms with E-state index in [1.807, 2.05) is 0 Å². The maximum absolute atomic E-state index is 11.5. The quantitative estimate of drug-likeness (QED) is 0.697. The molecule has 2 unspecified atom stereocenters. The molecule has 0 aromatic carbocycles. The number of rotatable bonds is 6. The second kappa shape index (κ2) is 5.77. The lowest BCUT2D eigenvalue weighted by Gasteiger charge is -2.37. The van der Waals surface area contributed by atoms with Crippen LogP contribution in [0.25, 0.3) is 0 Å². The first-order valence-electron chi connectivity index (χ1n) is 7.74. The van der Waals surface area contributed by atoms with Crippen LogP contribution in [-0.4, -0.2) is 66.6 Å². The molecule has 2 saturated heterocycles. The van der Waals surface area contributed by atoms with Gasteiger partial charge in [0.2, 0.25) is 5.91 Å². The molecule has 3 rings (SSSR count). The molecule has 3 fully saturated rings. The summed E-state index contributed by atoms with van der Waals surface area (Å²) in [7, 11) is 0. The molecule has 0 spiro atoms. The van der Waals surface area contributed by atoms with Crippen LogP contribution in [0.3, 0.4) is 0 Å². The van der Waals surface area contributed by atoms with Gasteiger partial charge in [0.25, 0.3) is 0 Å². The summed E-state index contributed by atoms with van der Waals surface area (Å²) >= 11 is 0. The minimum absolute atomic E-state index is 0.130. The third kappa shape index (κ3) is 3.46. The molecule has 19 heavy (non-hydrogen) atoms. The van der Waals surface area contributed by atoms with E-state index in [4.69, 9.17) is 5.73 Å². The van der Waals surface area contributed by atoms with Crippen LogP contribution < -0.4 is 11.1 Å². The van der Waals surface area contributed by atoms with E-state index in [1.165, 1.54) is 45.3 Å². The summed E-state index contributed by atoms with van der Waals surface area (Å²) < 4.78 is 0. The van der Waals surface area contributed by atoms with Gasteiger partial charge in [0.05, 0.1) is 6.04 Å². The van der Waals surface area contributed by atoms with E-state index in [0.717, 1.165) is 25.6 Å². The zero-order valence-corrected chi connectivity index (χ0v) is 11.7. The highest BCUT2D eigenvalue weighted by Gasteiger charge is 2.31. The summed E-state index contributed by atoms with van der Waals surface area (Å²) in [5.74, 6) is -0.189. The lowest BCUT2D eigenvalue weighted by atomic mass is 10.1. The van der Waals surface area contributed by atoms with Crippen LogP contribution in [0.5, 0.6) is 0 Å². The number of fused-ring (bicyclic) bond motifs is 1. The molecule has 1 aliphatic carbocycles. The fourth-order valence-corrected chi connectivity index (χ4v) is 3.41. The van der Waals surface area contributed by atoms with Gasteiger partial charge in [0.1, 0.15) is 0 Å². The van der Waals surface area contributed by atoms with Crippen molar-refractivity contribution in [3.05, 3.63) is 0 Å². The monoisotopic (exact) mass is 266 g/mol. The highest BCUT2D eigenvalue weighted by atomic mass is 16.1. The Labute approximate surface area is 115 Å². The van der Waals surface area contributed by atoms with Crippen LogP contribution in [0.15, 0.2) is 0 Å². The predicted octanol–water partition coefficient (Wildman–Crippen LogP) is -0.238. The Morgan fingerprint density at radius 1 is 1.26 bits per heavy atom. The van der Waals surface area contributed by atoms with Crippen LogP contribution in [0.4, 0.5) is 0 Å². The summed E-state index contributed by atoms with van der Waals surface area (Å²) in [6, 6.07) is 1.18. The van der Waals surface area contributed by atoms with Crippen molar-refractivity contribution in [1.82, 2.24) is 15.1 Å². The molecule has 0 radical (unpaired) electrons. The highest BCUT2D eigenvalue weighted by molar-refractivity contribution is 5.79. The first-order valence-corrected chi connectivity index (χ1v) is 7.74. The Hall–Kier alpha value is -0.650. The molecule has 2 atom stereocenters. The number of amides is 1. The van der Waals surface area contributed by atoms with E-state index >= 15 is 0 Å². The van der Waals surface area contributed by atoms with Gasteiger partial charge in [-0.3, -0.25) is 9.69 Å². The van der Waals surface area contributed by atoms with Crippen LogP contribution >= 0.6 is 0 Å². The van der Waals surface area contributed by atoms with Gasteiger partial charge in [-0.15, -0.1) is 0 Å². The molecule has 0 bridgehead atoms. The maximum Gasteiger partial charge on any atom is 0.234 e. The molecule has 1 amide bonds. The molecule has 3 aliphatic rings. The Balaban J connectivity index is 1.43. The predicted molar refractivity (Wildman–Crippen MR) is 74.8 cm³/mol. The van der Waals surface area contributed by atoms with Crippen molar-refractivity contribution in [3.63, 3.8) is 0 Å². The number of nitrogens with two attached hydrogens (primary N) is 1. The summed E-state index contributed by atoms with van der Waals surface area (Å²) in [6.07, 6.45) is 5.95. The highest BCUT2D eigenvalue weighted by Crippen LogP contribution is 2.22. The van der Waals surface area contributed by atoms with Crippen molar-refractivity contribution >= 4 is 5.91 Å². The average Bonchev–Trinajstić information content (AvgIpc) is 3.09. The normalized spacial score (nSPS) is 30.2. The van der Waals surface area contributed by atoms with Gasteiger partial charge in [-0.1, -0.05) is 0 Å². The third-order valence-corrected chi connectivity index (χ3v) is 4.76. The van der Waals surface area contributed by atoms with Gasteiger partial charge in [-0.2, -0.15) is 0 Å². The molecule has 0 aromatic rings. The number of hydrogen-bond acceptors (Lipinski definition) is 4. The van der Waals surface area contributed by atoms with Gasteiger partial charge >= 0.3 is 0 Å². The number of primary amides is 1. The standard InChI is InChI=1S/C14H26N4O/c15-14(19)13(16-11-3-4-11)5-7-17-8-9-18-6-1-2-12(18)10-17/h11-13,16H,1-10H2,(H2,15,19). The van der Waals surface area contributed by atoms with Gasteiger partial charge in [-0.05, 0) is 38.6 Å². The second-order valence-corrected chi connectivity index (χ2v) is 6.32. The van der Waals surface area contributed by atoms with Gasteiger partial charge < -0.3 is 16.0 Å². The second-order valence-electron chi connectivity index (χ2n) is 6.32. The van der Waals surface area contributed by atoms with Crippen molar-refractivity contribution in [2.75, 3.05) is 32.7 Å². The van der Waals surface area contributed by atoms with Crippen molar-refractivity contribution < 1.29 is 4.79 Å². The van der Waals surface area contributed by atoms with Gasteiger partial charge in [0, 0.05) is 38.3 Å². The minimum atomic E-state index is -0.189. The molecule has 2 heterocycles. The summed E-state index contributed by atoms with van der Waals surface area (Å²) in [5, 5.41) is 3.36. The number of carbonyl (C=O) groups excluding carboxylic acids is 1. The first-order chi connectivity index (χ1) is 9.22. The van der Waals surface area contributed by atoms with Crippen LogP contribution in [0.2, 0.25) is 0 Å². The van der Waals surface area contributed by atoms with E-state index < -0.39 is 0 Å². The number of hydrogen-bond donors (Lipinski definition) is 2. The summed E-state index contributed by atoms with van der Waals surface area (Å²) in [6.45, 7) is 5.80. The molecule has 5 heteroatoms. The Kier molecular flexibility index (Phi) is 4.05. The largest absolute Gasteiger partial charge is 0.368 e. The fraction of sp³-hybridized carbons (Fsp3) is 0.929. The molecule has 5 nitrogen and oxygen atoms in total. The fourth-order valence-electron chi connectivity index (χ4n) is 3.41. The lowest BCUT2D eigenvalue weighted by Crippen LogP contribution is -2.51. The van der Waals surface area contributed by atoms with E-state index in [0.29, 0.717) is 6.04 Å². The Morgan fingerprint density at radius 3 is 2.84 bits per heavy atom. The van der Waals surface area contributed by atoms with Crippen LogP contribution in [0, 0.1) is 0 Å². The number of nitrogens with one attached hydrogen (secondary N) is 1. The third-order valence-electron chi connectivity index (χ3n) is 4.76. The molecule has 3 N–H and O–H groups in total. The molecular weight excluding hydrogens is 240 g/mol. The molecule has 0 aromatic heterocycles. The van der Waals surface area contributed by atoms with Crippen molar-refractivity contribution in [2.24, 2.45) is 5.73 Å². The lowest BCUT2D eigenvalue weighted by molar-refractivity contribution is -0.120. The summed E-state index contributed by atoms with van der Waals surface area (Å²) in [4.78, 5) is 16.6. The SMILES string of the molecule is NC(=O)C(CCN1CCN2CCCC2C1)NC1CC1. The number of piperazine rings is 1. The van der Waals surface area contributed by atoms with Crippen LogP contribution in [-0.2, 0) is 4.79 Å². The minimum Gasteiger partial charge on any atom is -0.368 e. The van der Waals surface area contributed by atoms with Crippen molar-refractivity contribution in [2.45, 2.75) is 50.2 Å².